The van der Waals surface area contributed by atoms with Gasteiger partial charge in [-0.05, 0) is 31.9 Å². The van der Waals surface area contributed by atoms with E-state index in [4.69, 9.17) is 4.74 Å². The van der Waals surface area contributed by atoms with Gasteiger partial charge in [0.1, 0.15) is 5.60 Å². The number of allylic oxidation sites excluding steroid dienone is 2. The minimum absolute atomic E-state index is 0.128. The smallest absolute Gasteiger partial charge is 0.116 e. The summed E-state index contributed by atoms with van der Waals surface area (Å²) in [6.07, 6.45) is 5.67. The highest BCUT2D eigenvalue weighted by Crippen LogP contribution is 2.35. The summed E-state index contributed by atoms with van der Waals surface area (Å²) in [5.74, 6) is 0. The minimum atomic E-state index is -0.495. The zero-order chi connectivity index (χ0) is 13.6. The van der Waals surface area contributed by atoms with Gasteiger partial charge in [-0.25, -0.2) is 0 Å². The van der Waals surface area contributed by atoms with Gasteiger partial charge in [0.2, 0.25) is 0 Å². The summed E-state index contributed by atoms with van der Waals surface area (Å²) in [6.45, 7) is 13.8. The number of rotatable bonds is 6. The third-order valence-electron chi connectivity index (χ3n) is 2.86. The number of hydrogen-bond donors (Lipinski definition) is 0. The van der Waals surface area contributed by atoms with Crippen LogP contribution in [0.3, 0.4) is 0 Å². The molecule has 1 unspecified atom stereocenters. The Labute approximate surface area is 110 Å². The van der Waals surface area contributed by atoms with Gasteiger partial charge in [-0.15, -0.1) is 0 Å². The first kappa shape index (κ1) is 14.5. The topological polar surface area (TPSA) is 9.23 Å². The molecule has 1 heteroatoms. The maximum absolute atomic E-state index is 6.14. The van der Waals surface area contributed by atoms with E-state index in [0.717, 1.165) is 11.1 Å². The van der Waals surface area contributed by atoms with Gasteiger partial charge in [0, 0.05) is 0 Å². The van der Waals surface area contributed by atoms with Crippen molar-refractivity contribution in [2.24, 2.45) is 0 Å². The molecule has 0 aromatic heterocycles. The number of benzene rings is 1. The molecule has 0 aliphatic carbocycles. The average molecular weight is 242 g/mol. The van der Waals surface area contributed by atoms with Crippen LogP contribution in [0, 0.1) is 0 Å². The molecular formula is C17H22O. The Morgan fingerprint density at radius 3 is 2.28 bits per heavy atom. The molecule has 0 amide bonds. The summed E-state index contributed by atoms with van der Waals surface area (Å²) >= 11 is 0. The Balaban J connectivity index is 3.30. The van der Waals surface area contributed by atoms with Crippen LogP contribution in [0.5, 0.6) is 0 Å². The van der Waals surface area contributed by atoms with Crippen molar-refractivity contribution < 1.29 is 4.74 Å². The second kappa shape index (κ2) is 6.36. The third kappa shape index (κ3) is 3.21. The summed E-state index contributed by atoms with van der Waals surface area (Å²) in [5, 5.41) is 0. The second-order valence-electron chi connectivity index (χ2n) is 4.63. The first-order chi connectivity index (χ1) is 8.54. The van der Waals surface area contributed by atoms with E-state index in [-0.39, 0.29) is 6.10 Å². The molecule has 0 N–H and O–H groups in total. The van der Waals surface area contributed by atoms with Crippen LogP contribution >= 0.6 is 0 Å². The molecule has 1 aromatic carbocycles. The van der Waals surface area contributed by atoms with E-state index in [1.54, 1.807) is 6.08 Å². The molecule has 96 valence electrons. The fraction of sp³-hybridized carbons (Fsp3) is 0.294. The monoisotopic (exact) mass is 242 g/mol. The third-order valence-corrected chi connectivity index (χ3v) is 2.86. The van der Waals surface area contributed by atoms with Crippen LogP contribution in [0.15, 0.2) is 67.3 Å². The Morgan fingerprint density at radius 1 is 1.22 bits per heavy atom. The SMILES string of the molecule is C=C/C=C(\C=C)C(C)(OC(C)C)c1ccccc1. The van der Waals surface area contributed by atoms with Crippen LogP contribution in [0.1, 0.15) is 26.3 Å². The normalized spacial score (nSPS) is 15.2. The lowest BCUT2D eigenvalue weighted by Gasteiger charge is -2.34. The fourth-order valence-corrected chi connectivity index (χ4v) is 2.08. The molecule has 0 fully saturated rings. The molecule has 0 aliphatic rings. The van der Waals surface area contributed by atoms with Gasteiger partial charge < -0.3 is 4.74 Å². The lowest BCUT2D eigenvalue weighted by atomic mass is 9.87. The summed E-state index contributed by atoms with van der Waals surface area (Å²) in [5.41, 5.74) is 1.63. The van der Waals surface area contributed by atoms with Crippen LogP contribution in [0.2, 0.25) is 0 Å². The van der Waals surface area contributed by atoms with Gasteiger partial charge in [0.15, 0.2) is 0 Å². The van der Waals surface area contributed by atoms with Gasteiger partial charge in [-0.2, -0.15) is 0 Å². The zero-order valence-corrected chi connectivity index (χ0v) is 11.5. The molecule has 0 saturated carbocycles. The van der Waals surface area contributed by atoms with Crippen molar-refractivity contribution in [1.82, 2.24) is 0 Å². The van der Waals surface area contributed by atoms with E-state index in [2.05, 4.69) is 32.2 Å². The summed E-state index contributed by atoms with van der Waals surface area (Å²) in [7, 11) is 0. The number of hydrogen-bond acceptors (Lipinski definition) is 1. The molecule has 0 heterocycles. The average Bonchev–Trinajstić information content (AvgIpc) is 2.36. The highest BCUT2D eigenvalue weighted by molar-refractivity contribution is 5.39. The Morgan fingerprint density at radius 2 is 1.83 bits per heavy atom. The lowest BCUT2D eigenvalue weighted by molar-refractivity contribution is -0.0448. The molecule has 1 rings (SSSR count). The summed E-state index contributed by atoms with van der Waals surface area (Å²) in [4.78, 5) is 0. The summed E-state index contributed by atoms with van der Waals surface area (Å²) < 4.78 is 6.14. The van der Waals surface area contributed by atoms with Crippen LogP contribution in [-0.4, -0.2) is 6.10 Å². The van der Waals surface area contributed by atoms with Gasteiger partial charge in [-0.1, -0.05) is 61.7 Å². The molecule has 1 atom stereocenters. The first-order valence-electron chi connectivity index (χ1n) is 6.23. The molecular weight excluding hydrogens is 220 g/mol. The molecule has 0 bridgehead atoms. The van der Waals surface area contributed by atoms with E-state index in [0.29, 0.717) is 0 Å². The van der Waals surface area contributed by atoms with E-state index in [1.807, 2.05) is 44.2 Å². The zero-order valence-electron chi connectivity index (χ0n) is 11.5. The Bertz CT molecular complexity index is 428. The van der Waals surface area contributed by atoms with Crippen LogP contribution < -0.4 is 0 Å². The maximum Gasteiger partial charge on any atom is 0.116 e. The van der Waals surface area contributed by atoms with Crippen molar-refractivity contribution in [3.8, 4) is 0 Å². The van der Waals surface area contributed by atoms with Gasteiger partial charge in [0.05, 0.1) is 6.10 Å². The molecule has 1 nitrogen and oxygen atoms in total. The van der Waals surface area contributed by atoms with Gasteiger partial charge in [0.25, 0.3) is 0 Å². The van der Waals surface area contributed by atoms with Crippen LogP contribution in [0.4, 0.5) is 0 Å². The lowest BCUT2D eigenvalue weighted by Crippen LogP contribution is -2.30. The van der Waals surface area contributed by atoms with Crippen molar-refractivity contribution in [3.05, 3.63) is 72.9 Å². The summed E-state index contributed by atoms with van der Waals surface area (Å²) in [6, 6.07) is 10.2. The molecule has 18 heavy (non-hydrogen) atoms. The van der Waals surface area contributed by atoms with Crippen LogP contribution in [-0.2, 0) is 10.3 Å². The molecule has 1 aromatic rings. The van der Waals surface area contributed by atoms with Gasteiger partial charge >= 0.3 is 0 Å². The highest BCUT2D eigenvalue weighted by Gasteiger charge is 2.31. The van der Waals surface area contributed by atoms with Crippen molar-refractivity contribution in [1.29, 1.82) is 0 Å². The first-order valence-corrected chi connectivity index (χ1v) is 6.23. The van der Waals surface area contributed by atoms with E-state index >= 15 is 0 Å². The second-order valence-corrected chi connectivity index (χ2v) is 4.63. The van der Waals surface area contributed by atoms with E-state index in [1.165, 1.54) is 0 Å². The van der Waals surface area contributed by atoms with Crippen molar-refractivity contribution >= 4 is 0 Å². The van der Waals surface area contributed by atoms with Crippen molar-refractivity contribution in [2.75, 3.05) is 0 Å². The molecule has 0 radical (unpaired) electrons. The Hall–Kier alpha value is -1.60. The van der Waals surface area contributed by atoms with E-state index < -0.39 is 5.60 Å². The predicted molar refractivity (Wildman–Crippen MR) is 78.5 cm³/mol. The maximum atomic E-state index is 6.14. The molecule has 0 spiro atoms. The Kier molecular flexibility index (Phi) is 5.11. The standard InChI is InChI=1S/C17H22O/c1-6-11-15(7-2)17(5,18-14(3)4)16-12-9-8-10-13-16/h6-14H,1-2H2,3-5H3/b15-11+. The highest BCUT2D eigenvalue weighted by atomic mass is 16.5. The largest absolute Gasteiger partial charge is 0.363 e. The van der Waals surface area contributed by atoms with Gasteiger partial charge in [-0.3, -0.25) is 0 Å². The quantitative estimate of drug-likeness (QED) is 0.661. The van der Waals surface area contributed by atoms with Crippen molar-refractivity contribution in [3.63, 3.8) is 0 Å². The van der Waals surface area contributed by atoms with Crippen LogP contribution in [0.25, 0.3) is 0 Å². The molecule has 0 aliphatic heterocycles. The number of ether oxygens (including phenoxy) is 1. The fourth-order valence-electron chi connectivity index (χ4n) is 2.08. The molecule has 0 saturated heterocycles. The van der Waals surface area contributed by atoms with E-state index in [9.17, 15) is 0 Å². The minimum Gasteiger partial charge on any atom is -0.363 e. The predicted octanol–water partition coefficient (Wildman–Crippen LogP) is 4.63. The van der Waals surface area contributed by atoms with Crippen molar-refractivity contribution in [2.45, 2.75) is 32.5 Å².